The fraction of sp³-hybridized carbons (Fsp3) is 0.529. The van der Waals surface area contributed by atoms with Crippen LogP contribution in [0.5, 0.6) is 0 Å². The van der Waals surface area contributed by atoms with Crippen LogP contribution in [0.3, 0.4) is 0 Å². The summed E-state index contributed by atoms with van der Waals surface area (Å²) in [6.45, 7) is 12.8. The number of unbranched alkanes of at least 4 members (excludes halogenated alkanes) is 1. The lowest BCUT2D eigenvalue weighted by molar-refractivity contribution is 0.886. The minimum absolute atomic E-state index is 1.30. The zero-order valence-corrected chi connectivity index (χ0v) is 13.2. The maximum atomic E-state index is 2.24. The van der Waals surface area contributed by atoms with Crippen molar-refractivity contribution < 1.29 is 0 Å². The molecule has 0 radical (unpaired) electrons. The number of hydrogen-bond acceptors (Lipinski definition) is 0. The van der Waals surface area contributed by atoms with Crippen LogP contribution >= 0.6 is 0 Å². The minimum atomic E-state index is 1.30. The molecule has 0 aliphatic carbocycles. The van der Waals surface area contributed by atoms with Gasteiger partial charge in [-0.3, -0.25) is 0 Å². The first-order chi connectivity index (χ1) is 8.54. The second-order valence-corrected chi connectivity index (χ2v) is 4.58. The van der Waals surface area contributed by atoms with Gasteiger partial charge in [-0.15, -0.1) is 0 Å². The Hall–Kier alpha value is -1.24. The molecule has 0 fully saturated rings. The maximum Gasteiger partial charge on any atom is 0.0437 e. The molecule has 1 nitrogen and oxygen atoms in total. The lowest BCUT2D eigenvalue weighted by atomic mass is 10.1. The fourth-order valence-corrected chi connectivity index (χ4v) is 1.81. The Labute approximate surface area is 113 Å². The van der Waals surface area contributed by atoms with Gasteiger partial charge < -0.3 is 4.57 Å². The van der Waals surface area contributed by atoms with E-state index in [2.05, 4.69) is 77.5 Å². The molecule has 1 heteroatoms. The quantitative estimate of drug-likeness (QED) is 0.663. The molecule has 0 bridgehead atoms. The summed E-state index contributed by atoms with van der Waals surface area (Å²) in [6.07, 6.45) is 11.1. The zero-order chi connectivity index (χ0) is 14.1. The van der Waals surface area contributed by atoms with Gasteiger partial charge in [0, 0.05) is 18.4 Å². The van der Waals surface area contributed by atoms with Crippen LogP contribution < -0.4 is 0 Å². The van der Waals surface area contributed by atoms with Crippen molar-refractivity contribution in [1.29, 1.82) is 0 Å². The van der Waals surface area contributed by atoms with Crippen LogP contribution in [0.25, 0.3) is 12.2 Å². The van der Waals surface area contributed by atoms with E-state index in [0.717, 1.165) is 0 Å². The van der Waals surface area contributed by atoms with Crippen molar-refractivity contribution in [3.05, 3.63) is 34.7 Å². The molecule has 0 saturated carbocycles. The van der Waals surface area contributed by atoms with Crippen LogP contribution in [0, 0.1) is 13.8 Å². The number of aromatic nitrogens is 1. The van der Waals surface area contributed by atoms with Gasteiger partial charge in [0.25, 0.3) is 0 Å². The van der Waals surface area contributed by atoms with Gasteiger partial charge >= 0.3 is 0 Å². The highest BCUT2D eigenvalue weighted by Gasteiger charge is 2.09. The Morgan fingerprint density at radius 1 is 0.833 bits per heavy atom. The van der Waals surface area contributed by atoms with E-state index in [1.807, 2.05) is 0 Å². The molecule has 0 spiro atoms. The molecule has 0 saturated heterocycles. The van der Waals surface area contributed by atoms with Crippen molar-refractivity contribution in [3.8, 4) is 0 Å². The summed E-state index contributed by atoms with van der Waals surface area (Å²) in [5, 5.41) is 0. The predicted molar refractivity (Wildman–Crippen MR) is 84.9 cm³/mol. The largest absolute Gasteiger partial charge is 0.344 e. The van der Waals surface area contributed by atoms with Crippen molar-refractivity contribution in [2.75, 3.05) is 0 Å². The van der Waals surface area contributed by atoms with Gasteiger partial charge in [-0.2, -0.15) is 0 Å². The minimum Gasteiger partial charge on any atom is -0.344 e. The van der Waals surface area contributed by atoms with Crippen LogP contribution in [-0.2, 0) is 7.05 Å². The van der Waals surface area contributed by atoms with Crippen molar-refractivity contribution in [2.24, 2.45) is 7.05 Å². The van der Waals surface area contributed by atoms with E-state index in [9.17, 15) is 0 Å². The average molecular weight is 247 g/mol. The van der Waals surface area contributed by atoms with Crippen LogP contribution in [-0.4, -0.2) is 4.57 Å². The van der Waals surface area contributed by atoms with E-state index in [4.69, 9.17) is 0 Å². The summed E-state index contributed by atoms with van der Waals surface area (Å²) in [5.41, 5.74) is 5.36. The summed E-state index contributed by atoms with van der Waals surface area (Å²) in [7, 11) is 2.12. The predicted octanol–water partition coefficient (Wildman–Crippen LogP) is 5.51. The second kappa shape index (κ2) is 8.79. The summed E-state index contributed by atoms with van der Waals surface area (Å²) < 4.78 is 2.24. The fourth-order valence-electron chi connectivity index (χ4n) is 1.81. The molecule has 18 heavy (non-hydrogen) atoms. The van der Waals surface area contributed by atoms with Crippen molar-refractivity contribution in [3.63, 3.8) is 0 Å². The van der Waals surface area contributed by atoms with Crippen LogP contribution in [0.1, 0.15) is 63.1 Å². The van der Waals surface area contributed by atoms with E-state index in [0.29, 0.717) is 0 Å². The molecule has 1 rings (SSSR count). The molecule has 0 amide bonds. The molecule has 0 aliphatic heterocycles. The Bertz CT molecular complexity index is 368. The van der Waals surface area contributed by atoms with Crippen molar-refractivity contribution in [2.45, 2.75) is 54.4 Å². The monoisotopic (exact) mass is 247 g/mol. The molecule has 0 unspecified atom stereocenters. The third-order valence-corrected chi connectivity index (χ3v) is 3.20. The van der Waals surface area contributed by atoms with Gasteiger partial charge in [-0.05, 0) is 51.0 Å². The van der Waals surface area contributed by atoms with E-state index >= 15 is 0 Å². The molecule has 1 aromatic heterocycles. The molecule has 1 aromatic rings. The number of hydrogen-bond donors (Lipinski definition) is 0. The van der Waals surface area contributed by atoms with E-state index < -0.39 is 0 Å². The number of allylic oxidation sites excluding steroid dienone is 2. The summed E-state index contributed by atoms with van der Waals surface area (Å²) in [5.74, 6) is 0. The SMILES string of the molecule is C/C=C\c1c(C)c(C)c(/C=C\C)n1C.CCCC. The third-order valence-electron chi connectivity index (χ3n) is 3.20. The van der Waals surface area contributed by atoms with Gasteiger partial charge in [-0.25, -0.2) is 0 Å². The Morgan fingerprint density at radius 2 is 1.17 bits per heavy atom. The average Bonchev–Trinajstić information content (AvgIpc) is 2.57. The van der Waals surface area contributed by atoms with E-state index in [1.54, 1.807) is 0 Å². The Balaban J connectivity index is 0.000000631. The van der Waals surface area contributed by atoms with Crippen LogP contribution in [0.2, 0.25) is 0 Å². The van der Waals surface area contributed by atoms with Gasteiger partial charge in [-0.1, -0.05) is 38.8 Å². The number of rotatable bonds is 3. The Kier molecular flexibility index (Phi) is 8.19. The highest BCUT2D eigenvalue weighted by atomic mass is 15.0. The van der Waals surface area contributed by atoms with Crippen molar-refractivity contribution in [1.82, 2.24) is 4.57 Å². The number of nitrogens with zero attached hydrogens (tertiary/aromatic N) is 1. The lowest BCUT2D eigenvalue weighted by Gasteiger charge is -2.01. The van der Waals surface area contributed by atoms with E-state index in [-0.39, 0.29) is 0 Å². The highest BCUT2D eigenvalue weighted by Crippen LogP contribution is 2.22. The molecule has 0 N–H and O–H groups in total. The van der Waals surface area contributed by atoms with Gasteiger partial charge in [0.15, 0.2) is 0 Å². The van der Waals surface area contributed by atoms with Crippen molar-refractivity contribution >= 4 is 12.2 Å². The normalized spacial score (nSPS) is 11.1. The molecule has 102 valence electrons. The third kappa shape index (κ3) is 4.21. The zero-order valence-electron chi connectivity index (χ0n) is 13.2. The molecular formula is C17H29N. The summed E-state index contributed by atoms with van der Waals surface area (Å²) in [4.78, 5) is 0. The molecule has 0 aromatic carbocycles. The van der Waals surface area contributed by atoms with Gasteiger partial charge in [0.2, 0.25) is 0 Å². The first-order valence-electron chi connectivity index (χ1n) is 6.96. The highest BCUT2D eigenvalue weighted by molar-refractivity contribution is 5.62. The van der Waals surface area contributed by atoms with Gasteiger partial charge in [0.05, 0.1) is 0 Å². The first-order valence-corrected chi connectivity index (χ1v) is 6.96. The summed E-state index contributed by atoms with van der Waals surface area (Å²) in [6, 6.07) is 0. The standard InChI is InChI=1S/C13H19N.C4H10/c1-6-8-12-10(3)11(4)13(9-7-2)14(12)5;1-3-4-2/h6-9H,1-5H3;3-4H2,1-2H3/b8-6-,9-7-;. The first kappa shape index (κ1) is 16.8. The Morgan fingerprint density at radius 3 is 1.39 bits per heavy atom. The smallest absolute Gasteiger partial charge is 0.0437 e. The van der Waals surface area contributed by atoms with Gasteiger partial charge in [0.1, 0.15) is 0 Å². The molecule has 1 heterocycles. The second-order valence-electron chi connectivity index (χ2n) is 4.58. The molecular weight excluding hydrogens is 218 g/mol. The summed E-state index contributed by atoms with van der Waals surface area (Å²) >= 11 is 0. The molecule has 0 atom stereocenters. The maximum absolute atomic E-state index is 2.24. The molecule has 0 aliphatic rings. The van der Waals surface area contributed by atoms with E-state index in [1.165, 1.54) is 35.4 Å². The lowest BCUT2D eigenvalue weighted by Crippen LogP contribution is -1.94. The van der Waals surface area contributed by atoms with Crippen LogP contribution in [0.15, 0.2) is 12.2 Å². The van der Waals surface area contributed by atoms with Crippen LogP contribution in [0.4, 0.5) is 0 Å². The topological polar surface area (TPSA) is 4.93 Å².